The molecule has 15 heavy (non-hydrogen) atoms. The molecule has 1 N–H and O–H groups in total. The quantitative estimate of drug-likeness (QED) is 0.854. The highest BCUT2D eigenvalue weighted by Gasteiger charge is 2.11. The van der Waals surface area contributed by atoms with E-state index in [1.165, 1.54) is 0 Å². The van der Waals surface area contributed by atoms with Gasteiger partial charge in [-0.1, -0.05) is 18.5 Å². The summed E-state index contributed by atoms with van der Waals surface area (Å²) in [6.45, 7) is 5.76. The van der Waals surface area contributed by atoms with Gasteiger partial charge >= 0.3 is 0 Å². The molecular weight excluding hydrogens is 212 g/mol. The van der Waals surface area contributed by atoms with Crippen LogP contribution in [0.15, 0.2) is 18.2 Å². The monoisotopic (exact) mass is 228 g/mol. The van der Waals surface area contributed by atoms with E-state index in [0.717, 1.165) is 12.0 Å². The van der Waals surface area contributed by atoms with Crippen LogP contribution in [0.3, 0.4) is 0 Å². The molecule has 2 nitrogen and oxygen atoms in total. The van der Waals surface area contributed by atoms with Crippen molar-refractivity contribution < 1.29 is 9.84 Å². The zero-order chi connectivity index (χ0) is 11.4. The van der Waals surface area contributed by atoms with Gasteiger partial charge in [0.1, 0.15) is 5.75 Å². The minimum absolute atomic E-state index is 0.142. The number of ether oxygens (including phenoxy) is 1. The Labute approximate surface area is 95.8 Å². The van der Waals surface area contributed by atoms with Crippen molar-refractivity contribution in [3.63, 3.8) is 0 Å². The third kappa shape index (κ3) is 3.40. The van der Waals surface area contributed by atoms with Crippen molar-refractivity contribution in [2.75, 3.05) is 0 Å². The zero-order valence-electron chi connectivity index (χ0n) is 9.33. The Morgan fingerprint density at radius 2 is 2.07 bits per heavy atom. The van der Waals surface area contributed by atoms with Gasteiger partial charge in [0.05, 0.1) is 12.2 Å². The second-order valence-electron chi connectivity index (χ2n) is 3.69. The fourth-order valence-corrected chi connectivity index (χ4v) is 1.43. The first kappa shape index (κ1) is 12.3. The van der Waals surface area contributed by atoms with Crippen LogP contribution in [0.4, 0.5) is 0 Å². The van der Waals surface area contributed by atoms with E-state index in [1.807, 2.05) is 6.92 Å². The molecule has 0 heterocycles. The van der Waals surface area contributed by atoms with Crippen LogP contribution < -0.4 is 4.74 Å². The molecule has 0 bridgehead atoms. The van der Waals surface area contributed by atoms with E-state index in [9.17, 15) is 5.11 Å². The maximum absolute atomic E-state index is 9.58. The highest BCUT2D eigenvalue weighted by molar-refractivity contribution is 6.30. The molecule has 0 saturated carbocycles. The van der Waals surface area contributed by atoms with Crippen LogP contribution >= 0.6 is 11.6 Å². The molecule has 0 aliphatic heterocycles. The van der Waals surface area contributed by atoms with Crippen LogP contribution in [0.25, 0.3) is 0 Å². The molecule has 0 radical (unpaired) electrons. The summed E-state index contributed by atoms with van der Waals surface area (Å²) in [7, 11) is 0. The van der Waals surface area contributed by atoms with Crippen LogP contribution in [-0.4, -0.2) is 11.2 Å². The summed E-state index contributed by atoms with van der Waals surface area (Å²) in [6.07, 6.45) is 0.508. The molecule has 1 unspecified atom stereocenters. The van der Waals surface area contributed by atoms with Gasteiger partial charge in [-0.15, -0.1) is 0 Å². The van der Waals surface area contributed by atoms with Crippen molar-refractivity contribution in [3.8, 4) is 5.75 Å². The van der Waals surface area contributed by atoms with Gasteiger partial charge in [0, 0.05) is 10.6 Å². The van der Waals surface area contributed by atoms with Crippen molar-refractivity contribution in [1.82, 2.24) is 0 Å². The molecule has 84 valence electrons. The molecule has 0 amide bonds. The lowest BCUT2D eigenvalue weighted by Crippen LogP contribution is -2.11. The fraction of sp³-hybridized carbons (Fsp3) is 0.500. The summed E-state index contributed by atoms with van der Waals surface area (Å²) in [6, 6.07) is 5.31. The summed E-state index contributed by atoms with van der Waals surface area (Å²) < 4.78 is 5.69. The predicted molar refractivity (Wildman–Crippen MR) is 62.5 cm³/mol. The third-order valence-corrected chi connectivity index (χ3v) is 2.56. The molecule has 1 aromatic carbocycles. The number of benzene rings is 1. The fourth-order valence-electron chi connectivity index (χ4n) is 1.25. The number of halogens is 1. The standard InChI is InChI=1S/C12H17ClO2/c1-4-8(2)15-12-6-5-10(13)7-11(12)9(3)14/h5-9,14H,4H2,1-3H3/t8?,9-/m1/s1. The molecule has 0 fully saturated rings. The number of rotatable bonds is 4. The molecule has 2 atom stereocenters. The van der Waals surface area contributed by atoms with E-state index in [2.05, 4.69) is 6.92 Å². The van der Waals surface area contributed by atoms with Crippen molar-refractivity contribution in [1.29, 1.82) is 0 Å². The summed E-state index contributed by atoms with van der Waals surface area (Å²) in [5.41, 5.74) is 0.739. The first-order chi connectivity index (χ1) is 7.04. The van der Waals surface area contributed by atoms with E-state index >= 15 is 0 Å². The molecule has 0 aromatic heterocycles. The molecule has 1 rings (SSSR count). The largest absolute Gasteiger partial charge is 0.490 e. The highest BCUT2D eigenvalue weighted by atomic mass is 35.5. The van der Waals surface area contributed by atoms with Gasteiger partial charge in [-0.25, -0.2) is 0 Å². The van der Waals surface area contributed by atoms with Crippen LogP contribution in [0.1, 0.15) is 38.9 Å². The molecule has 0 aliphatic carbocycles. The second kappa shape index (κ2) is 5.38. The van der Waals surface area contributed by atoms with E-state index < -0.39 is 6.10 Å². The third-order valence-electron chi connectivity index (χ3n) is 2.32. The lowest BCUT2D eigenvalue weighted by molar-refractivity contribution is 0.176. The second-order valence-corrected chi connectivity index (χ2v) is 4.13. The van der Waals surface area contributed by atoms with Gasteiger partial charge < -0.3 is 9.84 Å². The lowest BCUT2D eigenvalue weighted by Gasteiger charge is -2.17. The van der Waals surface area contributed by atoms with Crippen molar-refractivity contribution in [2.24, 2.45) is 0 Å². The first-order valence-electron chi connectivity index (χ1n) is 5.18. The van der Waals surface area contributed by atoms with E-state index in [1.54, 1.807) is 25.1 Å². The van der Waals surface area contributed by atoms with Gasteiger partial charge in [0.15, 0.2) is 0 Å². The summed E-state index contributed by atoms with van der Waals surface area (Å²) in [5, 5.41) is 10.2. The molecule has 3 heteroatoms. The Bertz CT molecular complexity index is 323. The maximum atomic E-state index is 9.58. The average Bonchev–Trinajstić information content (AvgIpc) is 2.20. The summed E-state index contributed by atoms with van der Waals surface area (Å²) in [5.74, 6) is 0.712. The first-order valence-corrected chi connectivity index (χ1v) is 5.56. The Hall–Kier alpha value is -0.730. The van der Waals surface area contributed by atoms with E-state index in [4.69, 9.17) is 16.3 Å². The Morgan fingerprint density at radius 3 is 2.60 bits per heavy atom. The summed E-state index contributed by atoms with van der Waals surface area (Å²) in [4.78, 5) is 0. The number of hydrogen-bond donors (Lipinski definition) is 1. The predicted octanol–water partition coefficient (Wildman–Crippen LogP) is 3.57. The zero-order valence-corrected chi connectivity index (χ0v) is 10.1. The smallest absolute Gasteiger partial charge is 0.125 e. The van der Waals surface area contributed by atoms with E-state index in [-0.39, 0.29) is 6.10 Å². The molecule has 0 aliphatic rings. The maximum Gasteiger partial charge on any atom is 0.125 e. The highest BCUT2D eigenvalue weighted by Crippen LogP contribution is 2.29. The molecular formula is C12H17ClO2. The molecule has 1 aromatic rings. The molecule has 0 saturated heterocycles. The van der Waals surface area contributed by atoms with Crippen molar-refractivity contribution in [3.05, 3.63) is 28.8 Å². The Balaban J connectivity index is 2.95. The normalized spacial score (nSPS) is 14.7. The van der Waals surface area contributed by atoms with Crippen molar-refractivity contribution >= 4 is 11.6 Å². The van der Waals surface area contributed by atoms with Gasteiger partial charge in [0.2, 0.25) is 0 Å². The topological polar surface area (TPSA) is 29.5 Å². The van der Waals surface area contributed by atoms with Gasteiger partial charge in [-0.3, -0.25) is 0 Å². The Kier molecular flexibility index (Phi) is 4.43. The molecule has 0 spiro atoms. The Morgan fingerprint density at radius 1 is 1.40 bits per heavy atom. The lowest BCUT2D eigenvalue weighted by atomic mass is 10.1. The van der Waals surface area contributed by atoms with Crippen molar-refractivity contribution in [2.45, 2.75) is 39.4 Å². The van der Waals surface area contributed by atoms with Gasteiger partial charge in [-0.05, 0) is 38.5 Å². The number of hydrogen-bond acceptors (Lipinski definition) is 2. The van der Waals surface area contributed by atoms with Crippen LogP contribution in [0.5, 0.6) is 5.75 Å². The van der Waals surface area contributed by atoms with Crippen LogP contribution in [-0.2, 0) is 0 Å². The SMILES string of the molecule is CCC(C)Oc1ccc(Cl)cc1[C@@H](C)O. The van der Waals surface area contributed by atoms with Crippen LogP contribution in [0.2, 0.25) is 5.02 Å². The van der Waals surface area contributed by atoms with Gasteiger partial charge in [-0.2, -0.15) is 0 Å². The van der Waals surface area contributed by atoms with Crippen LogP contribution in [0, 0.1) is 0 Å². The number of aliphatic hydroxyl groups excluding tert-OH is 1. The summed E-state index contributed by atoms with van der Waals surface area (Å²) >= 11 is 5.86. The minimum Gasteiger partial charge on any atom is -0.490 e. The minimum atomic E-state index is -0.567. The average molecular weight is 229 g/mol. The number of aliphatic hydroxyl groups is 1. The van der Waals surface area contributed by atoms with Gasteiger partial charge in [0.25, 0.3) is 0 Å². The van der Waals surface area contributed by atoms with E-state index in [0.29, 0.717) is 10.8 Å².